The first kappa shape index (κ1) is 10.7. The smallest absolute Gasteiger partial charge is 0.188 e. The Morgan fingerprint density at radius 1 is 1.05 bits per heavy atom. The molecule has 5 nitrogen and oxygen atoms in total. The second-order valence-electron chi connectivity index (χ2n) is 4.21. The highest BCUT2D eigenvalue weighted by atomic mass is 79.9. The van der Waals surface area contributed by atoms with Crippen molar-refractivity contribution in [2.45, 2.75) is 0 Å². The number of hydrogen-bond donors (Lipinski definition) is 1. The number of aromatic amines is 1. The van der Waals surface area contributed by atoms with Crippen LogP contribution in [0.2, 0.25) is 0 Å². The van der Waals surface area contributed by atoms with Gasteiger partial charge in [0.25, 0.3) is 0 Å². The molecule has 0 aliphatic carbocycles. The van der Waals surface area contributed by atoms with Gasteiger partial charge in [0.1, 0.15) is 11.8 Å². The van der Waals surface area contributed by atoms with Crippen molar-refractivity contribution in [3.05, 3.63) is 47.3 Å². The molecule has 4 aromatic rings. The number of fused-ring (bicyclic) bond motifs is 3. The molecule has 4 rings (SSSR count). The molecule has 0 aliphatic heterocycles. The van der Waals surface area contributed by atoms with Gasteiger partial charge in [0.05, 0.1) is 5.52 Å². The molecule has 0 atom stereocenters. The standard InChI is InChI=1S/C13H8BrN5/c14-9-3-1-8(2-4-9)12-17-18-13-11-10(5-6-15-11)16-7-19(12)13/h1-7,15H. The van der Waals surface area contributed by atoms with Crippen molar-refractivity contribution in [2.75, 3.05) is 0 Å². The summed E-state index contributed by atoms with van der Waals surface area (Å²) in [5.41, 5.74) is 3.58. The molecule has 3 aromatic heterocycles. The molecule has 0 bridgehead atoms. The predicted octanol–water partition coefficient (Wildman–Crippen LogP) is 3.04. The number of nitrogens with zero attached hydrogens (tertiary/aromatic N) is 4. The number of benzene rings is 1. The molecule has 0 spiro atoms. The third-order valence-electron chi connectivity index (χ3n) is 3.06. The van der Waals surface area contributed by atoms with Crippen molar-refractivity contribution < 1.29 is 0 Å². The summed E-state index contributed by atoms with van der Waals surface area (Å²) in [6.07, 6.45) is 3.61. The molecule has 92 valence electrons. The van der Waals surface area contributed by atoms with Crippen LogP contribution < -0.4 is 0 Å². The first-order valence-electron chi connectivity index (χ1n) is 5.76. The fourth-order valence-electron chi connectivity index (χ4n) is 2.13. The van der Waals surface area contributed by atoms with Crippen molar-refractivity contribution in [1.29, 1.82) is 0 Å². The molecule has 0 saturated carbocycles. The third kappa shape index (κ3) is 1.57. The lowest BCUT2D eigenvalue weighted by atomic mass is 10.2. The van der Waals surface area contributed by atoms with E-state index in [1.54, 1.807) is 6.33 Å². The Hall–Kier alpha value is -2.21. The zero-order valence-electron chi connectivity index (χ0n) is 9.71. The highest BCUT2D eigenvalue weighted by Crippen LogP contribution is 2.23. The Kier molecular flexibility index (Phi) is 2.19. The molecule has 0 radical (unpaired) electrons. The topological polar surface area (TPSA) is 58.9 Å². The van der Waals surface area contributed by atoms with E-state index in [0.29, 0.717) is 0 Å². The maximum absolute atomic E-state index is 4.39. The van der Waals surface area contributed by atoms with E-state index in [2.05, 4.69) is 36.1 Å². The number of hydrogen-bond acceptors (Lipinski definition) is 3. The molecule has 0 amide bonds. The summed E-state index contributed by atoms with van der Waals surface area (Å²) in [6.45, 7) is 0. The normalized spacial score (nSPS) is 11.4. The molecule has 1 aromatic carbocycles. The van der Waals surface area contributed by atoms with Gasteiger partial charge in [0.2, 0.25) is 0 Å². The maximum Gasteiger partial charge on any atom is 0.188 e. The van der Waals surface area contributed by atoms with E-state index in [1.165, 1.54) is 0 Å². The second-order valence-corrected chi connectivity index (χ2v) is 5.12. The molecule has 6 heteroatoms. The zero-order chi connectivity index (χ0) is 12.8. The number of aromatic nitrogens is 5. The Morgan fingerprint density at radius 2 is 1.89 bits per heavy atom. The van der Waals surface area contributed by atoms with Crippen molar-refractivity contribution in [1.82, 2.24) is 24.6 Å². The Bertz CT molecular complexity index is 875. The first-order chi connectivity index (χ1) is 9.33. The van der Waals surface area contributed by atoms with Gasteiger partial charge in [-0.25, -0.2) is 4.98 Å². The van der Waals surface area contributed by atoms with Crippen LogP contribution in [0, 0.1) is 0 Å². The summed E-state index contributed by atoms with van der Waals surface area (Å²) in [7, 11) is 0. The SMILES string of the molecule is Brc1ccc(-c2nnc3c4[nH]ccc4ncn23)cc1. The Morgan fingerprint density at radius 3 is 2.74 bits per heavy atom. The van der Waals surface area contributed by atoms with Gasteiger partial charge < -0.3 is 4.98 Å². The lowest BCUT2D eigenvalue weighted by Crippen LogP contribution is -1.91. The molecular weight excluding hydrogens is 306 g/mol. The second kappa shape index (κ2) is 3.89. The molecule has 0 fully saturated rings. The van der Waals surface area contributed by atoms with Gasteiger partial charge in [-0.3, -0.25) is 4.40 Å². The Labute approximate surface area is 116 Å². The van der Waals surface area contributed by atoms with Gasteiger partial charge in [-0.1, -0.05) is 28.1 Å². The van der Waals surface area contributed by atoms with E-state index in [-0.39, 0.29) is 0 Å². The van der Waals surface area contributed by atoms with E-state index in [4.69, 9.17) is 0 Å². The summed E-state index contributed by atoms with van der Waals surface area (Å²) in [5.74, 6) is 0.784. The number of nitrogens with one attached hydrogen (secondary N) is 1. The lowest BCUT2D eigenvalue weighted by Gasteiger charge is -2.00. The van der Waals surface area contributed by atoms with Crippen LogP contribution in [-0.4, -0.2) is 24.6 Å². The summed E-state index contributed by atoms with van der Waals surface area (Å²) in [6, 6.07) is 9.89. The number of halogens is 1. The number of rotatable bonds is 1. The average molecular weight is 314 g/mol. The molecule has 19 heavy (non-hydrogen) atoms. The summed E-state index contributed by atoms with van der Waals surface area (Å²) < 4.78 is 2.93. The van der Waals surface area contributed by atoms with Crippen molar-refractivity contribution in [3.8, 4) is 11.4 Å². The van der Waals surface area contributed by atoms with E-state index in [9.17, 15) is 0 Å². The highest BCUT2D eigenvalue weighted by Gasteiger charge is 2.11. The highest BCUT2D eigenvalue weighted by molar-refractivity contribution is 9.10. The largest absolute Gasteiger partial charge is 0.357 e. The maximum atomic E-state index is 4.39. The predicted molar refractivity (Wildman–Crippen MR) is 75.8 cm³/mol. The van der Waals surface area contributed by atoms with Gasteiger partial charge in [-0.15, -0.1) is 10.2 Å². The van der Waals surface area contributed by atoms with Crippen LogP contribution in [0.1, 0.15) is 0 Å². The van der Waals surface area contributed by atoms with Crippen molar-refractivity contribution in [2.24, 2.45) is 0 Å². The van der Waals surface area contributed by atoms with Gasteiger partial charge in [0, 0.05) is 16.2 Å². The monoisotopic (exact) mass is 313 g/mol. The summed E-state index contributed by atoms with van der Waals surface area (Å²) >= 11 is 3.43. The van der Waals surface area contributed by atoms with Crippen LogP contribution in [0.4, 0.5) is 0 Å². The van der Waals surface area contributed by atoms with E-state index in [1.807, 2.05) is 40.9 Å². The average Bonchev–Trinajstić information content (AvgIpc) is 3.04. The van der Waals surface area contributed by atoms with Crippen LogP contribution in [0.25, 0.3) is 28.1 Å². The van der Waals surface area contributed by atoms with E-state index in [0.717, 1.165) is 32.5 Å². The molecule has 0 aliphatic rings. The quantitative estimate of drug-likeness (QED) is 0.587. The van der Waals surface area contributed by atoms with Gasteiger partial charge >= 0.3 is 0 Å². The minimum Gasteiger partial charge on any atom is -0.357 e. The van der Waals surface area contributed by atoms with Gasteiger partial charge in [-0.2, -0.15) is 0 Å². The molecule has 0 saturated heterocycles. The number of H-pyrrole nitrogens is 1. The van der Waals surface area contributed by atoms with E-state index < -0.39 is 0 Å². The minimum absolute atomic E-state index is 0.784. The lowest BCUT2D eigenvalue weighted by molar-refractivity contribution is 1.09. The van der Waals surface area contributed by atoms with Crippen molar-refractivity contribution >= 4 is 32.6 Å². The molecular formula is C13H8BrN5. The van der Waals surface area contributed by atoms with Gasteiger partial charge in [-0.05, 0) is 18.2 Å². The minimum atomic E-state index is 0.784. The molecule has 3 heterocycles. The third-order valence-corrected chi connectivity index (χ3v) is 3.59. The van der Waals surface area contributed by atoms with Crippen LogP contribution in [0.3, 0.4) is 0 Å². The first-order valence-corrected chi connectivity index (χ1v) is 6.55. The fraction of sp³-hybridized carbons (Fsp3) is 0. The van der Waals surface area contributed by atoms with Crippen LogP contribution in [0.15, 0.2) is 47.3 Å². The molecule has 0 unspecified atom stereocenters. The summed E-state index contributed by atoms with van der Waals surface area (Å²) in [4.78, 5) is 7.53. The fourth-order valence-corrected chi connectivity index (χ4v) is 2.40. The van der Waals surface area contributed by atoms with Crippen LogP contribution in [0.5, 0.6) is 0 Å². The van der Waals surface area contributed by atoms with E-state index >= 15 is 0 Å². The Balaban J connectivity index is 2.02. The van der Waals surface area contributed by atoms with Crippen LogP contribution in [-0.2, 0) is 0 Å². The van der Waals surface area contributed by atoms with Crippen LogP contribution >= 0.6 is 15.9 Å². The molecule has 1 N–H and O–H groups in total. The van der Waals surface area contributed by atoms with Crippen molar-refractivity contribution in [3.63, 3.8) is 0 Å². The summed E-state index contributed by atoms with van der Waals surface area (Å²) in [5, 5.41) is 8.51. The van der Waals surface area contributed by atoms with Gasteiger partial charge in [0.15, 0.2) is 11.5 Å². The zero-order valence-corrected chi connectivity index (χ0v) is 11.3.